The fourth-order valence-electron chi connectivity index (χ4n) is 3.03. The van der Waals surface area contributed by atoms with Crippen LogP contribution in [0.1, 0.15) is 34.6 Å². The van der Waals surface area contributed by atoms with Crippen LogP contribution >= 0.6 is 11.8 Å². The number of benzene rings is 3. The molecule has 32 heavy (non-hydrogen) atoms. The number of hydrogen-bond acceptors (Lipinski definition) is 5. The molecule has 0 heterocycles. The van der Waals surface area contributed by atoms with E-state index < -0.39 is 0 Å². The Labute approximate surface area is 192 Å². The van der Waals surface area contributed by atoms with Gasteiger partial charge >= 0.3 is 0 Å². The van der Waals surface area contributed by atoms with E-state index in [0.717, 1.165) is 4.90 Å². The monoisotopic (exact) mass is 450 g/mol. The van der Waals surface area contributed by atoms with Crippen molar-refractivity contribution in [3.63, 3.8) is 0 Å². The minimum atomic E-state index is -0.264. The van der Waals surface area contributed by atoms with Crippen LogP contribution in [0.5, 0.6) is 11.5 Å². The Morgan fingerprint density at radius 3 is 1.66 bits per heavy atom. The van der Waals surface area contributed by atoms with Crippen molar-refractivity contribution >= 4 is 35.0 Å². The lowest BCUT2D eigenvalue weighted by Crippen LogP contribution is -2.15. The second-order valence-electron chi connectivity index (χ2n) is 6.71. The van der Waals surface area contributed by atoms with Crippen LogP contribution < -0.4 is 20.1 Å². The molecule has 0 radical (unpaired) electrons. The molecule has 2 N–H and O–H groups in total. The Bertz CT molecular complexity index is 1070. The van der Waals surface area contributed by atoms with Gasteiger partial charge in [0.2, 0.25) is 0 Å². The zero-order valence-electron chi connectivity index (χ0n) is 18.3. The van der Waals surface area contributed by atoms with Gasteiger partial charge in [-0.05, 0) is 56.5 Å². The molecule has 0 aliphatic rings. The molecular formula is C25H26N2O4S. The topological polar surface area (TPSA) is 76.7 Å². The number of thioether (sulfide) groups is 1. The Kier molecular flexibility index (Phi) is 8.16. The number of rotatable bonds is 9. The van der Waals surface area contributed by atoms with Gasteiger partial charge in [0, 0.05) is 28.2 Å². The zero-order valence-corrected chi connectivity index (χ0v) is 19.1. The summed E-state index contributed by atoms with van der Waals surface area (Å²) in [6.45, 7) is 4.49. The number of amides is 2. The molecule has 0 aromatic heterocycles. The number of nitrogens with one attached hydrogen (secondary N) is 2. The lowest BCUT2D eigenvalue weighted by atomic mass is 10.1. The number of ether oxygens (including phenoxy) is 2. The summed E-state index contributed by atoms with van der Waals surface area (Å²) in [6.07, 6.45) is 1.98. The molecule has 0 aliphatic carbocycles. The number of carbonyl (C=O) groups is 2. The van der Waals surface area contributed by atoms with Crippen molar-refractivity contribution in [3.8, 4) is 11.5 Å². The molecule has 0 spiro atoms. The molecule has 0 aliphatic heterocycles. The van der Waals surface area contributed by atoms with Crippen LogP contribution in [-0.4, -0.2) is 31.3 Å². The fraction of sp³-hybridized carbons (Fsp3) is 0.200. The summed E-state index contributed by atoms with van der Waals surface area (Å²) >= 11 is 1.61. The van der Waals surface area contributed by atoms with Gasteiger partial charge in [-0.15, -0.1) is 11.8 Å². The van der Waals surface area contributed by atoms with Gasteiger partial charge in [0.1, 0.15) is 11.5 Å². The first-order valence-corrected chi connectivity index (χ1v) is 11.5. The average Bonchev–Trinajstić information content (AvgIpc) is 2.82. The van der Waals surface area contributed by atoms with E-state index in [1.54, 1.807) is 60.3 Å². The second-order valence-corrected chi connectivity index (χ2v) is 7.59. The normalized spacial score (nSPS) is 10.3. The van der Waals surface area contributed by atoms with Gasteiger partial charge in [0.15, 0.2) is 0 Å². The number of carbonyl (C=O) groups excluding carboxylic acids is 2. The molecule has 0 saturated carbocycles. The van der Waals surface area contributed by atoms with Gasteiger partial charge in [-0.1, -0.05) is 18.2 Å². The van der Waals surface area contributed by atoms with Crippen molar-refractivity contribution < 1.29 is 19.1 Å². The van der Waals surface area contributed by atoms with E-state index in [9.17, 15) is 9.59 Å². The maximum absolute atomic E-state index is 12.8. The standard InChI is InChI=1S/C25H26N2O4S/c1-4-30-22-16-21(27-25(29)18-11-13-19(32-3)14-12-18)23(31-5-2)15-20(22)26-24(28)17-9-7-6-8-10-17/h6-16H,4-5H2,1-3H3,(H,26,28)(H,27,29). The summed E-state index contributed by atoms with van der Waals surface area (Å²) in [4.78, 5) is 26.5. The summed E-state index contributed by atoms with van der Waals surface area (Å²) in [7, 11) is 0. The molecule has 0 bridgehead atoms. The molecule has 6 nitrogen and oxygen atoms in total. The average molecular weight is 451 g/mol. The van der Waals surface area contributed by atoms with Gasteiger partial charge in [-0.25, -0.2) is 0 Å². The van der Waals surface area contributed by atoms with Crippen LogP contribution in [0.15, 0.2) is 71.6 Å². The first kappa shape index (κ1) is 23.2. The fourth-order valence-corrected chi connectivity index (χ4v) is 3.43. The summed E-state index contributed by atoms with van der Waals surface area (Å²) in [5.74, 6) is 0.350. The number of anilines is 2. The van der Waals surface area contributed by atoms with Crippen LogP contribution in [0.3, 0.4) is 0 Å². The van der Waals surface area contributed by atoms with Crippen LogP contribution in [0.25, 0.3) is 0 Å². The van der Waals surface area contributed by atoms with E-state index in [0.29, 0.717) is 47.2 Å². The first-order chi connectivity index (χ1) is 15.5. The minimum absolute atomic E-state index is 0.262. The highest BCUT2D eigenvalue weighted by atomic mass is 32.2. The summed E-state index contributed by atoms with van der Waals surface area (Å²) in [6, 6.07) is 19.6. The molecule has 3 rings (SSSR count). The molecule has 7 heteroatoms. The van der Waals surface area contributed by atoms with Crippen LogP contribution in [-0.2, 0) is 0 Å². The van der Waals surface area contributed by atoms with Crippen LogP contribution in [0.2, 0.25) is 0 Å². The van der Waals surface area contributed by atoms with Gasteiger partial charge in [0.05, 0.1) is 24.6 Å². The lowest BCUT2D eigenvalue weighted by Gasteiger charge is -2.18. The smallest absolute Gasteiger partial charge is 0.255 e. The van der Waals surface area contributed by atoms with E-state index in [1.165, 1.54) is 0 Å². The molecule has 0 atom stereocenters. The molecule has 0 fully saturated rings. The van der Waals surface area contributed by atoms with Crippen molar-refractivity contribution in [3.05, 3.63) is 77.9 Å². The molecular weight excluding hydrogens is 424 g/mol. The van der Waals surface area contributed by atoms with Crippen LogP contribution in [0, 0.1) is 0 Å². The predicted octanol–water partition coefficient (Wildman–Crippen LogP) is 5.71. The Morgan fingerprint density at radius 2 is 1.22 bits per heavy atom. The van der Waals surface area contributed by atoms with Crippen molar-refractivity contribution in [2.75, 3.05) is 30.1 Å². The van der Waals surface area contributed by atoms with Crippen molar-refractivity contribution in [2.24, 2.45) is 0 Å². The van der Waals surface area contributed by atoms with Crippen LogP contribution in [0.4, 0.5) is 11.4 Å². The molecule has 166 valence electrons. The summed E-state index contributed by atoms with van der Waals surface area (Å²) in [5.41, 5.74) is 1.99. The molecule has 3 aromatic carbocycles. The van der Waals surface area contributed by atoms with Gasteiger partial charge in [0.25, 0.3) is 11.8 Å². The third kappa shape index (κ3) is 5.82. The van der Waals surface area contributed by atoms with Gasteiger partial charge in [-0.2, -0.15) is 0 Å². The minimum Gasteiger partial charge on any atom is -0.492 e. The van der Waals surface area contributed by atoms with E-state index in [2.05, 4.69) is 10.6 Å². The predicted molar refractivity (Wildman–Crippen MR) is 129 cm³/mol. The lowest BCUT2D eigenvalue weighted by molar-refractivity contribution is 0.101. The van der Waals surface area contributed by atoms with E-state index in [-0.39, 0.29) is 11.8 Å². The maximum atomic E-state index is 12.8. The van der Waals surface area contributed by atoms with E-state index in [1.807, 2.05) is 38.3 Å². The van der Waals surface area contributed by atoms with Gasteiger partial charge in [-0.3, -0.25) is 9.59 Å². The molecule has 0 saturated heterocycles. The van der Waals surface area contributed by atoms with Crippen molar-refractivity contribution in [2.45, 2.75) is 18.7 Å². The molecule has 3 aromatic rings. The Balaban J connectivity index is 1.90. The number of hydrogen-bond donors (Lipinski definition) is 2. The largest absolute Gasteiger partial charge is 0.492 e. The quantitative estimate of drug-likeness (QED) is 0.408. The highest BCUT2D eigenvalue weighted by Crippen LogP contribution is 2.37. The van der Waals surface area contributed by atoms with Crippen molar-refractivity contribution in [1.29, 1.82) is 0 Å². The highest BCUT2D eigenvalue weighted by molar-refractivity contribution is 7.98. The summed E-state index contributed by atoms with van der Waals surface area (Å²) in [5, 5.41) is 5.77. The third-order valence-corrected chi connectivity index (χ3v) is 5.31. The highest BCUT2D eigenvalue weighted by Gasteiger charge is 2.17. The Morgan fingerprint density at radius 1 is 0.750 bits per heavy atom. The van der Waals surface area contributed by atoms with E-state index >= 15 is 0 Å². The van der Waals surface area contributed by atoms with Crippen molar-refractivity contribution in [1.82, 2.24) is 0 Å². The SMILES string of the molecule is CCOc1cc(NC(=O)c2ccc(SC)cc2)c(OCC)cc1NC(=O)c1ccccc1. The maximum Gasteiger partial charge on any atom is 0.255 e. The zero-order chi connectivity index (χ0) is 22.9. The Hall–Kier alpha value is -3.45. The molecule has 0 unspecified atom stereocenters. The summed E-state index contributed by atoms with van der Waals surface area (Å²) < 4.78 is 11.5. The van der Waals surface area contributed by atoms with E-state index in [4.69, 9.17) is 9.47 Å². The molecule has 2 amide bonds. The first-order valence-electron chi connectivity index (χ1n) is 10.3. The second kappa shape index (κ2) is 11.2. The van der Waals surface area contributed by atoms with Gasteiger partial charge < -0.3 is 20.1 Å². The third-order valence-electron chi connectivity index (χ3n) is 4.57.